The monoisotopic (exact) mass is 311 g/mol. The first-order chi connectivity index (χ1) is 10.7. The number of halogens is 1. The Labute approximate surface area is 133 Å². The molecular weight excluding hydrogens is 298 g/mol. The maximum Gasteiger partial charge on any atom is 0.229 e. The Morgan fingerprint density at radius 1 is 1.00 bits per heavy atom. The molecule has 5 nitrogen and oxygen atoms in total. The van der Waals surface area contributed by atoms with Gasteiger partial charge in [-0.25, -0.2) is 4.98 Å². The van der Waals surface area contributed by atoms with Crippen LogP contribution in [0.4, 0.5) is 23.1 Å². The summed E-state index contributed by atoms with van der Waals surface area (Å²) < 4.78 is 0. The van der Waals surface area contributed by atoms with Crippen molar-refractivity contribution in [3.05, 3.63) is 65.6 Å². The Kier molecular flexibility index (Phi) is 4.16. The van der Waals surface area contributed by atoms with E-state index in [1.807, 2.05) is 43.3 Å². The summed E-state index contributed by atoms with van der Waals surface area (Å²) in [4.78, 5) is 12.6. The molecule has 0 aliphatic carbocycles. The molecule has 2 aromatic heterocycles. The molecule has 110 valence electrons. The zero-order valence-electron chi connectivity index (χ0n) is 11.9. The normalized spacial score (nSPS) is 10.3. The molecule has 0 saturated heterocycles. The van der Waals surface area contributed by atoms with Gasteiger partial charge in [0.2, 0.25) is 5.95 Å². The van der Waals surface area contributed by atoms with E-state index >= 15 is 0 Å². The number of pyridine rings is 1. The molecule has 0 bridgehead atoms. The Balaban J connectivity index is 1.86. The van der Waals surface area contributed by atoms with E-state index in [0.29, 0.717) is 16.8 Å². The van der Waals surface area contributed by atoms with Crippen LogP contribution in [0.25, 0.3) is 0 Å². The Hall–Kier alpha value is -2.66. The van der Waals surface area contributed by atoms with Crippen LogP contribution >= 0.6 is 11.6 Å². The SMILES string of the molecule is Cc1ccccc1Nc1nc(Nc2ccncc2)ncc1Cl. The van der Waals surface area contributed by atoms with Gasteiger partial charge in [0.1, 0.15) is 5.02 Å². The van der Waals surface area contributed by atoms with Crippen molar-refractivity contribution in [1.29, 1.82) is 0 Å². The van der Waals surface area contributed by atoms with Gasteiger partial charge < -0.3 is 10.6 Å². The van der Waals surface area contributed by atoms with E-state index in [0.717, 1.165) is 16.9 Å². The molecule has 3 rings (SSSR count). The highest BCUT2D eigenvalue weighted by Crippen LogP contribution is 2.26. The van der Waals surface area contributed by atoms with Gasteiger partial charge in [0, 0.05) is 23.8 Å². The average Bonchev–Trinajstić information content (AvgIpc) is 2.54. The van der Waals surface area contributed by atoms with E-state index in [2.05, 4.69) is 25.6 Å². The van der Waals surface area contributed by atoms with Crippen molar-refractivity contribution in [3.63, 3.8) is 0 Å². The smallest absolute Gasteiger partial charge is 0.229 e. The van der Waals surface area contributed by atoms with Gasteiger partial charge in [-0.2, -0.15) is 4.98 Å². The number of rotatable bonds is 4. The topological polar surface area (TPSA) is 62.7 Å². The summed E-state index contributed by atoms with van der Waals surface area (Å²) in [5.41, 5.74) is 2.93. The number of para-hydroxylation sites is 1. The summed E-state index contributed by atoms with van der Waals surface area (Å²) in [6, 6.07) is 11.6. The quantitative estimate of drug-likeness (QED) is 0.751. The molecule has 6 heteroatoms. The van der Waals surface area contributed by atoms with E-state index in [1.54, 1.807) is 18.6 Å². The van der Waals surface area contributed by atoms with Gasteiger partial charge in [-0.05, 0) is 30.7 Å². The first-order valence-electron chi connectivity index (χ1n) is 6.74. The first-order valence-corrected chi connectivity index (χ1v) is 7.12. The summed E-state index contributed by atoms with van der Waals surface area (Å²) in [5.74, 6) is 1.02. The highest BCUT2D eigenvalue weighted by atomic mass is 35.5. The van der Waals surface area contributed by atoms with Crippen molar-refractivity contribution < 1.29 is 0 Å². The van der Waals surface area contributed by atoms with Crippen LogP contribution < -0.4 is 10.6 Å². The van der Waals surface area contributed by atoms with Crippen LogP contribution in [0.3, 0.4) is 0 Å². The highest BCUT2D eigenvalue weighted by molar-refractivity contribution is 6.32. The standard InChI is InChI=1S/C16H14ClN5/c1-11-4-2-3-5-14(11)21-15-13(17)10-19-16(22-15)20-12-6-8-18-9-7-12/h2-10H,1H3,(H2,18,19,20,21,22). The number of hydrogen-bond acceptors (Lipinski definition) is 5. The second kappa shape index (κ2) is 6.41. The predicted molar refractivity (Wildman–Crippen MR) is 89.0 cm³/mol. The lowest BCUT2D eigenvalue weighted by Gasteiger charge is -2.11. The number of benzene rings is 1. The van der Waals surface area contributed by atoms with Crippen molar-refractivity contribution in [3.8, 4) is 0 Å². The van der Waals surface area contributed by atoms with Crippen molar-refractivity contribution in [2.75, 3.05) is 10.6 Å². The van der Waals surface area contributed by atoms with Crippen LogP contribution in [0.1, 0.15) is 5.56 Å². The minimum absolute atomic E-state index is 0.462. The maximum atomic E-state index is 6.18. The summed E-state index contributed by atoms with van der Waals surface area (Å²) in [5, 5.41) is 6.80. The lowest BCUT2D eigenvalue weighted by Crippen LogP contribution is -2.02. The second-order valence-electron chi connectivity index (χ2n) is 4.69. The fourth-order valence-electron chi connectivity index (χ4n) is 1.92. The highest BCUT2D eigenvalue weighted by Gasteiger charge is 2.07. The number of anilines is 4. The summed E-state index contributed by atoms with van der Waals surface area (Å²) in [6.45, 7) is 2.02. The third-order valence-corrected chi connectivity index (χ3v) is 3.36. The van der Waals surface area contributed by atoms with Crippen LogP contribution in [0, 0.1) is 6.92 Å². The van der Waals surface area contributed by atoms with Gasteiger partial charge in [-0.1, -0.05) is 29.8 Å². The first kappa shape index (κ1) is 14.3. The minimum Gasteiger partial charge on any atom is -0.339 e. The third kappa shape index (κ3) is 3.32. The van der Waals surface area contributed by atoms with Gasteiger partial charge in [-0.3, -0.25) is 4.98 Å². The zero-order valence-corrected chi connectivity index (χ0v) is 12.7. The van der Waals surface area contributed by atoms with Crippen LogP contribution in [0.2, 0.25) is 5.02 Å². The van der Waals surface area contributed by atoms with Gasteiger partial charge in [0.05, 0.1) is 6.20 Å². The molecule has 0 spiro atoms. The Bertz CT molecular complexity index is 776. The van der Waals surface area contributed by atoms with Crippen molar-refractivity contribution in [2.45, 2.75) is 6.92 Å². The molecule has 0 aliphatic rings. The van der Waals surface area contributed by atoms with E-state index < -0.39 is 0 Å². The van der Waals surface area contributed by atoms with E-state index in [9.17, 15) is 0 Å². The molecule has 0 aliphatic heterocycles. The number of nitrogens with zero attached hydrogens (tertiary/aromatic N) is 3. The van der Waals surface area contributed by atoms with Gasteiger partial charge >= 0.3 is 0 Å². The fourth-order valence-corrected chi connectivity index (χ4v) is 2.06. The maximum absolute atomic E-state index is 6.18. The molecule has 0 saturated carbocycles. The molecule has 3 aromatic rings. The molecule has 2 heterocycles. The van der Waals surface area contributed by atoms with Crippen LogP contribution in [-0.2, 0) is 0 Å². The molecule has 0 unspecified atom stereocenters. The van der Waals surface area contributed by atoms with Crippen molar-refractivity contribution in [2.24, 2.45) is 0 Å². The number of hydrogen-bond donors (Lipinski definition) is 2. The third-order valence-electron chi connectivity index (χ3n) is 3.08. The summed E-state index contributed by atoms with van der Waals surface area (Å²) in [6.07, 6.45) is 4.97. The van der Waals surface area contributed by atoms with Gasteiger partial charge in [-0.15, -0.1) is 0 Å². The largest absolute Gasteiger partial charge is 0.339 e. The summed E-state index contributed by atoms with van der Waals surface area (Å²) >= 11 is 6.18. The molecule has 0 radical (unpaired) electrons. The molecule has 2 N–H and O–H groups in total. The fraction of sp³-hybridized carbons (Fsp3) is 0.0625. The molecule has 1 aromatic carbocycles. The average molecular weight is 312 g/mol. The summed E-state index contributed by atoms with van der Waals surface area (Å²) in [7, 11) is 0. The van der Waals surface area contributed by atoms with Crippen LogP contribution in [0.5, 0.6) is 0 Å². The second-order valence-corrected chi connectivity index (χ2v) is 5.10. The Morgan fingerprint density at radius 2 is 1.77 bits per heavy atom. The van der Waals surface area contributed by atoms with Crippen molar-refractivity contribution in [1.82, 2.24) is 15.0 Å². The van der Waals surface area contributed by atoms with E-state index in [4.69, 9.17) is 11.6 Å². The molecule has 0 amide bonds. The molecule has 22 heavy (non-hydrogen) atoms. The lowest BCUT2D eigenvalue weighted by molar-refractivity contribution is 1.16. The molecular formula is C16H14ClN5. The van der Waals surface area contributed by atoms with Crippen LogP contribution in [-0.4, -0.2) is 15.0 Å². The minimum atomic E-state index is 0.462. The molecule has 0 fully saturated rings. The number of aromatic nitrogens is 3. The van der Waals surface area contributed by atoms with Gasteiger partial charge in [0.25, 0.3) is 0 Å². The van der Waals surface area contributed by atoms with E-state index in [1.165, 1.54) is 0 Å². The zero-order chi connectivity index (χ0) is 15.4. The lowest BCUT2D eigenvalue weighted by atomic mass is 10.2. The Morgan fingerprint density at radius 3 is 2.55 bits per heavy atom. The van der Waals surface area contributed by atoms with Crippen LogP contribution in [0.15, 0.2) is 55.0 Å². The molecule has 0 atom stereocenters. The van der Waals surface area contributed by atoms with Crippen molar-refractivity contribution >= 4 is 34.7 Å². The number of nitrogens with one attached hydrogen (secondary N) is 2. The predicted octanol–water partition coefficient (Wildman–Crippen LogP) is 4.32. The van der Waals surface area contributed by atoms with Gasteiger partial charge in [0.15, 0.2) is 5.82 Å². The van der Waals surface area contributed by atoms with E-state index in [-0.39, 0.29) is 0 Å². The number of aryl methyl sites for hydroxylation is 1.